The van der Waals surface area contributed by atoms with Crippen molar-refractivity contribution < 1.29 is 39.7 Å². The Balaban J connectivity index is 1.62. The largest absolute Gasteiger partial charge is 0.573 e. The third-order valence-corrected chi connectivity index (χ3v) is 8.83. The second-order valence-corrected chi connectivity index (χ2v) is 13.1. The average Bonchev–Trinajstić information content (AvgIpc) is 3.19. The number of thiophene rings is 1. The fourth-order valence-electron chi connectivity index (χ4n) is 4.54. The molecule has 1 aliphatic heterocycles. The number of hydrogen-bond donors (Lipinski definition) is 3. The second kappa shape index (κ2) is 12.2. The van der Waals surface area contributed by atoms with E-state index < -0.39 is 46.7 Å². The lowest BCUT2D eigenvalue weighted by molar-refractivity contribution is -0.274. The first-order valence-corrected chi connectivity index (χ1v) is 15.3. The van der Waals surface area contributed by atoms with Crippen molar-refractivity contribution in [1.29, 1.82) is 4.78 Å². The molecule has 1 unspecified atom stereocenters. The van der Waals surface area contributed by atoms with Gasteiger partial charge >= 0.3 is 12.5 Å². The van der Waals surface area contributed by atoms with Crippen LogP contribution in [-0.2, 0) is 16.1 Å². The number of fused-ring (bicyclic) bond motifs is 1. The fraction of sp³-hybridized carbons (Fsp3) is 0.407. The van der Waals surface area contributed by atoms with Crippen LogP contribution in [0.2, 0.25) is 0 Å². The summed E-state index contributed by atoms with van der Waals surface area (Å²) in [5.74, 6) is 4.63. The molecule has 0 aliphatic carbocycles. The molecule has 1 aromatic heterocycles. The quantitative estimate of drug-likeness (QED) is 0.195. The zero-order valence-corrected chi connectivity index (χ0v) is 24.0. The lowest BCUT2D eigenvalue weighted by Gasteiger charge is -2.33. The summed E-state index contributed by atoms with van der Waals surface area (Å²) >= 11 is 1.02. The number of piperidine rings is 1. The lowest BCUT2D eigenvalue weighted by atomic mass is 10.0. The molecule has 2 heterocycles. The summed E-state index contributed by atoms with van der Waals surface area (Å²) in [4.78, 5) is 1.81. The molecule has 0 amide bonds. The van der Waals surface area contributed by atoms with Gasteiger partial charge in [-0.2, -0.15) is 13.2 Å². The molecule has 6 nitrogen and oxygen atoms in total. The highest BCUT2D eigenvalue weighted by atomic mass is 32.2. The zero-order chi connectivity index (χ0) is 30.9. The Morgan fingerprint density at radius 2 is 1.90 bits per heavy atom. The van der Waals surface area contributed by atoms with Crippen molar-refractivity contribution in [3.05, 3.63) is 46.8 Å². The number of benzene rings is 2. The molecule has 0 radical (unpaired) electrons. The Morgan fingerprint density at radius 1 is 1.17 bits per heavy atom. The number of ether oxygens (including phenoxy) is 1. The monoisotopic (exact) mass is 636 g/mol. The van der Waals surface area contributed by atoms with Crippen LogP contribution >= 0.6 is 11.3 Å². The van der Waals surface area contributed by atoms with Crippen LogP contribution in [0.4, 0.5) is 42.1 Å². The third kappa shape index (κ3) is 8.20. The normalized spacial score (nSPS) is 19.5. The minimum atomic E-state index is -5.07. The maximum Gasteiger partial charge on any atom is 0.573 e. The van der Waals surface area contributed by atoms with E-state index in [0.717, 1.165) is 29.7 Å². The highest BCUT2D eigenvalue weighted by molar-refractivity contribution is 7.91. The number of alkyl halides is 7. The number of nitrogens with one attached hydrogen (secondary N) is 3. The molecule has 2 aromatic carbocycles. The molecule has 0 spiro atoms. The summed E-state index contributed by atoms with van der Waals surface area (Å²) in [5.41, 5.74) is 0.295. The topological polar surface area (TPSA) is 77.5 Å². The fourth-order valence-corrected chi connectivity index (χ4v) is 6.37. The Bertz CT molecular complexity index is 1610. The summed E-state index contributed by atoms with van der Waals surface area (Å²) in [6, 6.07) is 7.52. The highest BCUT2D eigenvalue weighted by Crippen LogP contribution is 2.40. The first-order chi connectivity index (χ1) is 19.5. The van der Waals surface area contributed by atoms with Crippen LogP contribution in [0.3, 0.4) is 0 Å². The molecule has 1 fully saturated rings. The molecule has 3 N–H and O–H groups in total. The van der Waals surface area contributed by atoms with Crippen molar-refractivity contribution in [1.82, 2.24) is 4.90 Å². The number of hydrogen-bond acceptors (Lipinski definition) is 7. The van der Waals surface area contributed by atoms with Gasteiger partial charge in [0.1, 0.15) is 6.17 Å². The van der Waals surface area contributed by atoms with Gasteiger partial charge in [-0.3, -0.25) is 0 Å². The molecule has 4 rings (SSSR count). The van der Waals surface area contributed by atoms with E-state index in [1.54, 1.807) is 18.2 Å². The number of likely N-dealkylation sites (tertiary alicyclic amines) is 1. The summed E-state index contributed by atoms with van der Waals surface area (Å²) in [7, 11) is -1.52. The van der Waals surface area contributed by atoms with Gasteiger partial charge < -0.3 is 20.3 Å². The van der Waals surface area contributed by atoms with Crippen LogP contribution in [0, 0.1) is 16.6 Å². The van der Waals surface area contributed by atoms with Crippen molar-refractivity contribution in [2.75, 3.05) is 43.6 Å². The number of halogens is 7. The Kier molecular flexibility index (Phi) is 9.19. The number of rotatable bonds is 7. The van der Waals surface area contributed by atoms with Crippen molar-refractivity contribution in [2.45, 2.75) is 42.5 Å². The average molecular weight is 637 g/mol. The van der Waals surface area contributed by atoms with Crippen molar-refractivity contribution >= 4 is 42.5 Å². The first-order valence-electron chi connectivity index (χ1n) is 12.6. The predicted octanol–water partition coefficient (Wildman–Crippen LogP) is 6.86. The van der Waals surface area contributed by atoms with Crippen LogP contribution in [-0.4, -0.2) is 66.8 Å². The molecule has 0 saturated carbocycles. The summed E-state index contributed by atoms with van der Waals surface area (Å²) in [5, 5.41) is 6.12. The highest BCUT2D eigenvalue weighted by Gasteiger charge is 2.33. The van der Waals surface area contributed by atoms with E-state index >= 15 is 0 Å². The molecule has 0 bridgehead atoms. The Labute approximate surface area is 242 Å². The molecule has 3 atom stereocenters. The molecule has 3 aromatic rings. The summed E-state index contributed by atoms with van der Waals surface area (Å²) in [6.07, 6.45) is -10.4. The predicted molar refractivity (Wildman–Crippen MR) is 150 cm³/mol. The second-order valence-electron chi connectivity index (χ2n) is 9.91. The van der Waals surface area contributed by atoms with Gasteiger partial charge in [0.05, 0.1) is 54.6 Å². The smallest absolute Gasteiger partial charge is 0.404 e. The standard InChI is InChI=1S/C27H27F7N4O2S2/c1-38-12-10-20(19(28)15-38)37-22-6-3-5-17-18(14-26(29,30)31)24(41-25(17)22)7-4-11-36-21-9-8-16(42(2,35)39)13-23(21)40-27(32,33)34/h3,5-6,8-9,13,19-20,35-37H,10-12,14-15H2,1-2H3/t19-,20-,42?/m0/s1. The van der Waals surface area contributed by atoms with E-state index in [1.165, 1.54) is 6.07 Å². The van der Waals surface area contributed by atoms with Crippen molar-refractivity contribution in [3.8, 4) is 17.6 Å². The van der Waals surface area contributed by atoms with Crippen LogP contribution < -0.4 is 15.4 Å². The van der Waals surface area contributed by atoms with Crippen LogP contribution in [0.15, 0.2) is 41.3 Å². The number of nitrogens with zero attached hydrogens (tertiary/aromatic N) is 1. The van der Waals surface area contributed by atoms with Gasteiger partial charge in [-0.15, -0.1) is 24.5 Å². The molecular weight excluding hydrogens is 609 g/mol. The maximum absolute atomic E-state index is 14.7. The minimum Gasteiger partial charge on any atom is -0.404 e. The van der Waals surface area contributed by atoms with Gasteiger partial charge in [0.15, 0.2) is 5.75 Å². The number of anilines is 2. The Morgan fingerprint density at radius 3 is 2.55 bits per heavy atom. The van der Waals surface area contributed by atoms with Gasteiger partial charge in [0.25, 0.3) is 0 Å². The first kappa shape index (κ1) is 31.7. The van der Waals surface area contributed by atoms with E-state index in [1.807, 2.05) is 11.9 Å². The van der Waals surface area contributed by atoms with Crippen LogP contribution in [0.25, 0.3) is 10.1 Å². The Hall–Kier alpha value is -3.22. The van der Waals surface area contributed by atoms with Gasteiger partial charge in [-0.1, -0.05) is 24.0 Å². The summed E-state index contributed by atoms with van der Waals surface area (Å²) < 4.78 is 118. The molecule has 1 saturated heterocycles. The zero-order valence-electron chi connectivity index (χ0n) is 22.4. The van der Waals surface area contributed by atoms with Crippen LogP contribution in [0.5, 0.6) is 5.75 Å². The molecule has 1 aliphatic rings. The van der Waals surface area contributed by atoms with E-state index in [4.69, 9.17) is 4.78 Å². The SMILES string of the molecule is CN1CC[C@H](Nc2cccc3c(CC(F)(F)F)c(C#CCNc4ccc(S(C)(=N)=O)cc4OC(F)(F)F)sc23)[C@@H](F)C1. The van der Waals surface area contributed by atoms with E-state index in [9.17, 15) is 34.9 Å². The van der Waals surface area contributed by atoms with Crippen LogP contribution in [0.1, 0.15) is 16.9 Å². The van der Waals surface area contributed by atoms with Gasteiger partial charge in [0.2, 0.25) is 0 Å². The molecule has 228 valence electrons. The van der Waals surface area contributed by atoms with Gasteiger partial charge in [-0.25, -0.2) is 13.4 Å². The van der Waals surface area contributed by atoms with E-state index in [2.05, 4.69) is 27.2 Å². The molecular formula is C27H27F7N4O2S2. The van der Waals surface area contributed by atoms with Crippen molar-refractivity contribution in [3.63, 3.8) is 0 Å². The lowest BCUT2D eigenvalue weighted by Crippen LogP contribution is -2.46. The summed E-state index contributed by atoms with van der Waals surface area (Å²) in [6.45, 7) is 0.639. The van der Waals surface area contributed by atoms with Gasteiger partial charge in [0, 0.05) is 19.3 Å². The molecule has 15 heteroatoms. The van der Waals surface area contributed by atoms with E-state index in [0.29, 0.717) is 28.7 Å². The maximum atomic E-state index is 14.7. The van der Waals surface area contributed by atoms with Gasteiger partial charge in [-0.05, 0) is 48.7 Å². The molecule has 42 heavy (non-hydrogen) atoms. The van der Waals surface area contributed by atoms with E-state index in [-0.39, 0.29) is 34.1 Å². The van der Waals surface area contributed by atoms with Crippen molar-refractivity contribution in [2.24, 2.45) is 0 Å². The third-order valence-electron chi connectivity index (χ3n) is 6.48. The minimum absolute atomic E-state index is 0.0441.